The molecule has 1 unspecified atom stereocenters. The molecule has 0 bridgehead atoms. The summed E-state index contributed by atoms with van der Waals surface area (Å²) >= 11 is 2.15. The van der Waals surface area contributed by atoms with Crippen molar-refractivity contribution in [1.82, 2.24) is 5.06 Å². The number of piperidine rings is 1. The maximum absolute atomic E-state index is 13.4. The van der Waals surface area contributed by atoms with E-state index in [0.717, 1.165) is 23.5 Å². The highest BCUT2D eigenvalue weighted by Gasteiger charge is 2.45. The topological polar surface area (TPSA) is 110 Å². The molecule has 0 aromatic heterocycles. The van der Waals surface area contributed by atoms with E-state index in [1.165, 1.54) is 0 Å². The van der Waals surface area contributed by atoms with Gasteiger partial charge in [-0.15, -0.1) is 0 Å². The molecule has 1 N–H and O–H groups in total. The van der Waals surface area contributed by atoms with Gasteiger partial charge >= 0.3 is 7.60 Å². The quantitative estimate of drug-likeness (QED) is 0.293. The number of hydrogen-bond donors (Lipinski definition) is 1. The van der Waals surface area contributed by atoms with Crippen LogP contribution in [0, 0.1) is 10.8 Å². The number of nitrogens with zero attached hydrogens (tertiary/aromatic N) is 1. The van der Waals surface area contributed by atoms with Crippen LogP contribution >= 0.6 is 31.1 Å². The summed E-state index contributed by atoms with van der Waals surface area (Å²) in [6.07, 6.45) is 0.743. The van der Waals surface area contributed by atoms with Gasteiger partial charge in [0.1, 0.15) is 5.66 Å². The number of amides is 1. The Hall–Kier alpha value is -0.380. The van der Waals surface area contributed by atoms with Crippen molar-refractivity contribution in [2.45, 2.75) is 60.0 Å². The van der Waals surface area contributed by atoms with E-state index in [1.54, 1.807) is 0 Å². The molecule has 0 aliphatic carbocycles. The molecule has 1 amide bonds. The minimum atomic E-state index is -3.89. The predicted molar refractivity (Wildman–Crippen MR) is 120 cm³/mol. The molecule has 0 spiro atoms. The normalized spacial score (nSPS) is 18.6. The largest absolute Gasteiger partial charge is 0.343 e. The van der Waals surface area contributed by atoms with Crippen LogP contribution < -0.4 is 0 Å². The first-order valence-corrected chi connectivity index (χ1v) is 13.5. The van der Waals surface area contributed by atoms with Gasteiger partial charge in [-0.2, -0.15) is 0 Å². The molecule has 1 rings (SSSR count). The van der Waals surface area contributed by atoms with Crippen LogP contribution in [0.2, 0.25) is 0 Å². The highest BCUT2D eigenvalue weighted by molar-refractivity contribution is 8.14. The Bertz CT molecular complexity index is 635. The molecule has 11 heteroatoms. The molecule has 1 saturated heterocycles. The van der Waals surface area contributed by atoms with Gasteiger partial charge < -0.3 is 9.05 Å². The number of carbonyl (C=O) groups is 3. The molecule has 1 heterocycles. The highest BCUT2D eigenvalue weighted by Crippen LogP contribution is 2.56. The molecule has 0 saturated carbocycles. The van der Waals surface area contributed by atoms with Gasteiger partial charge in [0.2, 0.25) is 0 Å². The maximum atomic E-state index is 13.4. The van der Waals surface area contributed by atoms with E-state index in [1.807, 2.05) is 41.5 Å². The highest BCUT2D eigenvalue weighted by atomic mass is 32.2. The van der Waals surface area contributed by atoms with Gasteiger partial charge in [-0.1, -0.05) is 65.1 Å². The summed E-state index contributed by atoms with van der Waals surface area (Å²) in [5.41, 5.74) is -2.10. The van der Waals surface area contributed by atoms with Gasteiger partial charge in [0.05, 0.1) is 13.2 Å². The zero-order valence-corrected chi connectivity index (χ0v) is 21.2. The van der Waals surface area contributed by atoms with Crippen molar-refractivity contribution >= 4 is 47.3 Å². The number of carbonyl (C=O) groups excluding carboxylic acids is 3. The van der Waals surface area contributed by atoms with Crippen LogP contribution in [-0.2, 0) is 28.0 Å². The molecule has 0 radical (unpaired) electrons. The van der Waals surface area contributed by atoms with Crippen LogP contribution in [0.3, 0.4) is 0 Å². The fraction of sp³-hybridized carbons (Fsp3) is 0.842. The maximum Gasteiger partial charge on any atom is 0.343 e. The van der Waals surface area contributed by atoms with Crippen molar-refractivity contribution in [3.8, 4) is 0 Å². The van der Waals surface area contributed by atoms with Crippen LogP contribution in [0.1, 0.15) is 54.4 Å². The second-order valence-electron chi connectivity index (χ2n) is 9.10. The summed E-state index contributed by atoms with van der Waals surface area (Å²) < 4.78 is 24.5. The molecule has 0 aromatic rings. The van der Waals surface area contributed by atoms with Crippen molar-refractivity contribution in [3.05, 3.63) is 0 Å². The van der Waals surface area contributed by atoms with Gasteiger partial charge in [-0.05, 0) is 12.8 Å². The summed E-state index contributed by atoms with van der Waals surface area (Å²) in [7, 11) is -3.89. The van der Waals surface area contributed by atoms with Crippen molar-refractivity contribution in [2.24, 2.45) is 10.8 Å². The summed E-state index contributed by atoms with van der Waals surface area (Å²) in [6.45, 7) is 11.0. The molecule has 1 aliphatic heterocycles. The standard InChI is InChI=1S/C19H34NO7PS2/c1-18(2,3)16(22)29-12-10-26-28(25,14-8-7-9-20(24)15(14)21)27-11-13-30-17(23)19(4,5)6/h14,24H,7-13H2,1-6H3. The van der Waals surface area contributed by atoms with E-state index >= 15 is 0 Å². The Balaban J connectivity index is 2.72. The number of rotatable bonds is 9. The van der Waals surface area contributed by atoms with Crippen LogP contribution in [0.4, 0.5) is 0 Å². The fourth-order valence-electron chi connectivity index (χ4n) is 2.38. The van der Waals surface area contributed by atoms with E-state index in [9.17, 15) is 24.2 Å². The van der Waals surface area contributed by atoms with Crippen LogP contribution in [0.25, 0.3) is 0 Å². The van der Waals surface area contributed by atoms with Crippen molar-refractivity contribution < 1.29 is 33.2 Å². The molecule has 30 heavy (non-hydrogen) atoms. The third-order valence-corrected chi connectivity index (χ3v) is 8.99. The first-order chi connectivity index (χ1) is 13.7. The van der Waals surface area contributed by atoms with Gasteiger partial charge in [-0.25, -0.2) is 5.06 Å². The SMILES string of the molecule is CC(C)(C)C(=O)SCCOP(=O)(OCCSC(=O)C(C)(C)C)C1CCCN(O)C1=O. The Kier molecular flexibility index (Phi) is 10.6. The first kappa shape index (κ1) is 27.7. The average Bonchev–Trinajstić information content (AvgIpc) is 2.62. The van der Waals surface area contributed by atoms with E-state index in [2.05, 4.69) is 0 Å². The fourth-order valence-corrected chi connectivity index (χ4v) is 6.23. The van der Waals surface area contributed by atoms with E-state index in [-0.39, 0.29) is 47.9 Å². The van der Waals surface area contributed by atoms with Gasteiger partial charge in [0.25, 0.3) is 5.91 Å². The minimum absolute atomic E-state index is 0.0192. The van der Waals surface area contributed by atoms with Gasteiger partial charge in [0.15, 0.2) is 10.2 Å². The molecule has 8 nitrogen and oxygen atoms in total. The Labute approximate surface area is 187 Å². The Morgan fingerprint density at radius 3 is 1.87 bits per heavy atom. The zero-order chi connectivity index (χ0) is 23.2. The van der Waals surface area contributed by atoms with Crippen molar-refractivity contribution in [3.63, 3.8) is 0 Å². The number of hydroxylamine groups is 2. The van der Waals surface area contributed by atoms with E-state index in [0.29, 0.717) is 11.5 Å². The summed E-state index contributed by atoms with van der Waals surface area (Å²) in [6, 6.07) is 0. The lowest BCUT2D eigenvalue weighted by atomic mass is 9.99. The summed E-state index contributed by atoms with van der Waals surface area (Å²) in [5, 5.41) is 10.2. The van der Waals surface area contributed by atoms with E-state index in [4.69, 9.17) is 9.05 Å². The molecule has 0 aromatic carbocycles. The van der Waals surface area contributed by atoms with Crippen molar-refractivity contribution in [2.75, 3.05) is 31.3 Å². The number of thioether (sulfide) groups is 2. The lowest BCUT2D eigenvalue weighted by Crippen LogP contribution is -2.42. The van der Waals surface area contributed by atoms with Crippen LogP contribution in [0.5, 0.6) is 0 Å². The minimum Gasteiger partial charge on any atom is -0.307 e. The average molecular weight is 484 g/mol. The van der Waals surface area contributed by atoms with Gasteiger partial charge in [-0.3, -0.25) is 24.2 Å². The first-order valence-electron chi connectivity index (χ1n) is 9.92. The third-order valence-electron chi connectivity index (χ3n) is 4.17. The molecular weight excluding hydrogens is 449 g/mol. The molecule has 174 valence electrons. The summed E-state index contributed by atoms with van der Waals surface area (Å²) in [5.74, 6) is -0.156. The second kappa shape index (κ2) is 11.5. The monoisotopic (exact) mass is 483 g/mol. The Morgan fingerprint density at radius 2 is 1.47 bits per heavy atom. The third kappa shape index (κ3) is 8.63. The number of hydrogen-bond acceptors (Lipinski definition) is 9. The summed E-state index contributed by atoms with van der Waals surface area (Å²) in [4.78, 5) is 36.4. The molecule has 1 fully saturated rings. The molecule has 1 atom stereocenters. The second-order valence-corrected chi connectivity index (χ2v) is 13.5. The smallest absolute Gasteiger partial charge is 0.307 e. The zero-order valence-electron chi connectivity index (χ0n) is 18.6. The Morgan fingerprint density at radius 1 is 1.03 bits per heavy atom. The van der Waals surface area contributed by atoms with Crippen LogP contribution in [0.15, 0.2) is 0 Å². The lowest BCUT2D eigenvalue weighted by molar-refractivity contribution is -0.169. The molecule has 1 aliphatic rings. The lowest BCUT2D eigenvalue weighted by Gasteiger charge is -2.32. The van der Waals surface area contributed by atoms with E-state index < -0.39 is 30.0 Å². The molecular formula is C19H34NO7PS2. The van der Waals surface area contributed by atoms with Crippen molar-refractivity contribution in [1.29, 1.82) is 0 Å². The predicted octanol–water partition coefficient (Wildman–Crippen LogP) is 4.20. The van der Waals surface area contributed by atoms with Gasteiger partial charge in [0, 0.05) is 28.9 Å². The van der Waals surface area contributed by atoms with Crippen LogP contribution in [-0.4, -0.2) is 63.3 Å².